The third-order valence-corrected chi connectivity index (χ3v) is 6.80. The molecule has 180 valence electrons. The summed E-state index contributed by atoms with van der Waals surface area (Å²) in [5, 5.41) is 0.628. The molecule has 0 spiro atoms. The zero-order valence-corrected chi connectivity index (χ0v) is 20.6. The molecule has 0 saturated heterocycles. The van der Waals surface area contributed by atoms with Crippen LogP contribution in [0.3, 0.4) is 0 Å². The van der Waals surface area contributed by atoms with Crippen molar-refractivity contribution in [3.63, 3.8) is 0 Å². The van der Waals surface area contributed by atoms with Crippen LogP contribution in [0.25, 0.3) is 11.1 Å². The molecule has 0 amide bonds. The Morgan fingerprint density at radius 1 is 1.06 bits per heavy atom. The summed E-state index contributed by atoms with van der Waals surface area (Å²) in [6.07, 6.45) is 6.20. The number of alkyl halides is 1. The van der Waals surface area contributed by atoms with E-state index in [1.165, 1.54) is 5.56 Å². The monoisotopic (exact) mass is 474 g/mol. The van der Waals surface area contributed by atoms with Gasteiger partial charge in [-0.15, -0.1) is 0 Å². The highest BCUT2D eigenvalue weighted by Gasteiger charge is 2.27. The van der Waals surface area contributed by atoms with Gasteiger partial charge in [0, 0.05) is 0 Å². The molecular weight excluding hydrogens is 439 g/mol. The van der Waals surface area contributed by atoms with E-state index in [0.717, 1.165) is 62.5 Å². The lowest BCUT2D eigenvalue weighted by molar-refractivity contribution is -0.157. The number of unbranched alkanes of at least 4 members (excludes halogenated alkanes) is 1. The van der Waals surface area contributed by atoms with Crippen molar-refractivity contribution in [2.24, 2.45) is 5.92 Å². The first-order valence-corrected chi connectivity index (χ1v) is 12.7. The largest absolute Gasteiger partial charge is 0.492 e. The summed E-state index contributed by atoms with van der Waals surface area (Å²) in [4.78, 5) is 11.9. The fourth-order valence-corrected chi connectivity index (χ4v) is 4.70. The standard InChI is InChI=1S/C28H36ClFO3/c1-3-5-6-26(30)28(31)33-24-16-11-21(12-17-24)8-7-20-9-13-22(14-10-20)23-15-18-27(32-4-2)25(29)19-23/h9-10,13-15,18-19,21,24,26H,3-8,11-12,16-17H2,1-2H3/t21-,24-,26-/m0/s1. The summed E-state index contributed by atoms with van der Waals surface area (Å²) < 4.78 is 24.8. The zero-order valence-electron chi connectivity index (χ0n) is 19.8. The SMILES string of the molecule is CCCC[C@H](F)C(=O)O[C@H]1CC[C@H](CCc2ccc(-c3ccc(OCC)c(Cl)c3)cc2)CC1. The Balaban J connectivity index is 1.42. The number of rotatable bonds is 11. The first-order chi connectivity index (χ1) is 16.0. The molecule has 0 aliphatic heterocycles. The average molecular weight is 475 g/mol. The van der Waals surface area contributed by atoms with Crippen molar-refractivity contribution in [3.8, 4) is 16.9 Å². The van der Waals surface area contributed by atoms with Gasteiger partial charge in [-0.05, 0) is 86.6 Å². The maximum Gasteiger partial charge on any atom is 0.340 e. The van der Waals surface area contributed by atoms with Crippen molar-refractivity contribution in [1.82, 2.24) is 0 Å². The van der Waals surface area contributed by atoms with E-state index in [9.17, 15) is 9.18 Å². The van der Waals surface area contributed by atoms with Crippen molar-refractivity contribution in [2.45, 2.75) is 83.9 Å². The van der Waals surface area contributed by atoms with Crippen molar-refractivity contribution < 1.29 is 18.7 Å². The maximum absolute atomic E-state index is 13.8. The van der Waals surface area contributed by atoms with Gasteiger partial charge >= 0.3 is 5.97 Å². The maximum atomic E-state index is 13.8. The normalized spacial score (nSPS) is 19.2. The number of halogens is 2. The highest BCUT2D eigenvalue weighted by Crippen LogP contribution is 2.32. The van der Waals surface area contributed by atoms with Gasteiger partial charge in [0.05, 0.1) is 11.6 Å². The molecule has 0 bridgehead atoms. The number of ether oxygens (including phenoxy) is 2. The second-order valence-electron chi connectivity index (χ2n) is 9.00. The van der Waals surface area contributed by atoms with Crippen LogP contribution in [-0.2, 0) is 16.0 Å². The van der Waals surface area contributed by atoms with Gasteiger partial charge in [0.15, 0.2) is 6.17 Å². The van der Waals surface area contributed by atoms with E-state index in [4.69, 9.17) is 21.1 Å². The minimum atomic E-state index is -1.47. The molecule has 0 radical (unpaired) electrons. The summed E-state index contributed by atoms with van der Waals surface area (Å²) in [6, 6.07) is 14.6. The van der Waals surface area contributed by atoms with Gasteiger partial charge in [-0.1, -0.05) is 61.7 Å². The van der Waals surface area contributed by atoms with Crippen LogP contribution in [0.5, 0.6) is 5.75 Å². The number of aryl methyl sites for hydroxylation is 1. The summed E-state index contributed by atoms with van der Waals surface area (Å²) in [7, 11) is 0. The molecule has 0 aromatic heterocycles. The fourth-order valence-electron chi connectivity index (χ4n) is 4.47. The Bertz CT molecular complexity index is 875. The molecule has 1 atom stereocenters. The third-order valence-electron chi connectivity index (χ3n) is 6.50. The van der Waals surface area contributed by atoms with Gasteiger partial charge in [-0.2, -0.15) is 0 Å². The lowest BCUT2D eigenvalue weighted by Gasteiger charge is -2.28. The van der Waals surface area contributed by atoms with E-state index in [2.05, 4.69) is 24.3 Å². The second-order valence-corrected chi connectivity index (χ2v) is 9.41. The minimum absolute atomic E-state index is 0.117. The molecule has 2 aromatic rings. The number of hydrogen-bond donors (Lipinski definition) is 0. The molecule has 1 aliphatic rings. The summed E-state index contributed by atoms with van der Waals surface area (Å²) >= 11 is 6.33. The number of esters is 1. The summed E-state index contributed by atoms with van der Waals surface area (Å²) in [5.41, 5.74) is 3.53. The number of carbonyl (C=O) groups excluding carboxylic acids is 1. The molecule has 3 rings (SSSR count). The van der Waals surface area contributed by atoms with Crippen LogP contribution in [0, 0.1) is 5.92 Å². The van der Waals surface area contributed by atoms with Crippen LogP contribution in [0.1, 0.15) is 70.8 Å². The second kappa shape index (κ2) is 13.0. The molecule has 1 saturated carbocycles. The predicted octanol–water partition coefficient (Wildman–Crippen LogP) is 7.97. The van der Waals surface area contributed by atoms with E-state index in [-0.39, 0.29) is 12.5 Å². The molecule has 3 nitrogen and oxygen atoms in total. The Morgan fingerprint density at radius 3 is 2.39 bits per heavy atom. The number of benzene rings is 2. The molecule has 1 aliphatic carbocycles. The smallest absolute Gasteiger partial charge is 0.340 e. The molecule has 33 heavy (non-hydrogen) atoms. The highest BCUT2D eigenvalue weighted by atomic mass is 35.5. The van der Waals surface area contributed by atoms with Crippen LogP contribution in [-0.4, -0.2) is 24.9 Å². The molecule has 0 N–H and O–H groups in total. The molecule has 0 unspecified atom stereocenters. The topological polar surface area (TPSA) is 35.5 Å². The summed E-state index contributed by atoms with van der Waals surface area (Å²) in [5.74, 6) is 0.677. The summed E-state index contributed by atoms with van der Waals surface area (Å²) in [6.45, 7) is 4.53. The Kier molecular flexibility index (Phi) is 10.1. The van der Waals surface area contributed by atoms with Gasteiger partial charge in [-0.3, -0.25) is 0 Å². The average Bonchev–Trinajstić information content (AvgIpc) is 2.83. The van der Waals surface area contributed by atoms with Gasteiger partial charge < -0.3 is 9.47 Å². The lowest BCUT2D eigenvalue weighted by atomic mass is 9.83. The van der Waals surface area contributed by atoms with Gasteiger partial charge in [0.2, 0.25) is 0 Å². The van der Waals surface area contributed by atoms with Gasteiger partial charge in [-0.25, -0.2) is 9.18 Å². The van der Waals surface area contributed by atoms with Crippen LogP contribution < -0.4 is 4.74 Å². The molecule has 0 heterocycles. The number of hydrogen-bond acceptors (Lipinski definition) is 3. The molecule has 2 aromatic carbocycles. The van der Waals surface area contributed by atoms with Crippen LogP contribution in [0.2, 0.25) is 5.02 Å². The number of carbonyl (C=O) groups is 1. The molecule has 5 heteroatoms. The first-order valence-electron chi connectivity index (χ1n) is 12.4. The first kappa shape index (κ1) is 25.6. The minimum Gasteiger partial charge on any atom is -0.492 e. The van der Waals surface area contributed by atoms with Crippen molar-refractivity contribution in [2.75, 3.05) is 6.61 Å². The van der Waals surface area contributed by atoms with Gasteiger partial charge in [0.1, 0.15) is 11.9 Å². The van der Waals surface area contributed by atoms with Crippen LogP contribution in [0.4, 0.5) is 4.39 Å². The third kappa shape index (κ3) is 7.74. The van der Waals surface area contributed by atoms with Crippen molar-refractivity contribution >= 4 is 17.6 Å². The fraction of sp³-hybridized carbons (Fsp3) is 0.536. The van der Waals surface area contributed by atoms with E-state index in [1.54, 1.807) is 0 Å². The lowest BCUT2D eigenvalue weighted by Crippen LogP contribution is -2.29. The quantitative estimate of drug-likeness (QED) is 0.310. The highest BCUT2D eigenvalue weighted by molar-refractivity contribution is 6.32. The van der Waals surface area contributed by atoms with Crippen molar-refractivity contribution in [1.29, 1.82) is 0 Å². The molecule has 1 fully saturated rings. The molecular formula is C28H36ClFO3. The van der Waals surface area contributed by atoms with E-state index in [1.807, 2.05) is 32.0 Å². The van der Waals surface area contributed by atoms with E-state index < -0.39 is 12.1 Å². The van der Waals surface area contributed by atoms with E-state index >= 15 is 0 Å². The van der Waals surface area contributed by atoms with Crippen LogP contribution in [0.15, 0.2) is 42.5 Å². The van der Waals surface area contributed by atoms with Crippen LogP contribution >= 0.6 is 11.6 Å². The van der Waals surface area contributed by atoms with E-state index in [0.29, 0.717) is 23.3 Å². The zero-order chi connectivity index (χ0) is 23.6. The Hall–Kier alpha value is -2.07. The predicted molar refractivity (Wildman–Crippen MR) is 133 cm³/mol. The van der Waals surface area contributed by atoms with Crippen molar-refractivity contribution in [3.05, 3.63) is 53.1 Å². The Morgan fingerprint density at radius 2 is 1.76 bits per heavy atom. The van der Waals surface area contributed by atoms with Gasteiger partial charge in [0.25, 0.3) is 0 Å². The Labute approximate surface area is 202 Å².